The average molecular weight is 434 g/mol. The summed E-state index contributed by atoms with van der Waals surface area (Å²) in [7, 11) is 0. The van der Waals surface area contributed by atoms with Crippen LogP contribution in [0.15, 0.2) is 83.5 Å². The largest absolute Gasteiger partial charge is 0.490 e. The molecule has 0 bridgehead atoms. The summed E-state index contributed by atoms with van der Waals surface area (Å²) in [6, 6.07) is 22.3. The Kier molecular flexibility index (Phi) is 6.34. The first-order valence-corrected chi connectivity index (χ1v) is 10.2. The maximum atomic E-state index is 12.3. The first-order chi connectivity index (χ1) is 15.1. The van der Waals surface area contributed by atoms with Crippen molar-refractivity contribution in [2.45, 2.75) is 13.5 Å². The van der Waals surface area contributed by atoms with Crippen LogP contribution >= 0.6 is 11.6 Å². The smallest absolute Gasteiger partial charge is 0.363 e. The van der Waals surface area contributed by atoms with Crippen LogP contribution in [0.1, 0.15) is 23.6 Å². The standard InChI is InChI=1S/C25H20ClNO4/c1-2-29-23-15-17(12-13-22(23)30-16-19-10-6-7-11-20(19)26)14-21-25(28)31-24(27-21)18-8-4-3-5-9-18/h3-15H,2,16H2,1H3/b21-14+. The summed E-state index contributed by atoms with van der Waals surface area (Å²) < 4.78 is 17.0. The second-order valence-corrected chi connectivity index (χ2v) is 7.13. The Balaban J connectivity index is 1.56. The number of nitrogens with zero attached hydrogens (tertiary/aromatic N) is 1. The third-order valence-electron chi connectivity index (χ3n) is 4.55. The van der Waals surface area contributed by atoms with Gasteiger partial charge in [-0.05, 0) is 48.9 Å². The molecule has 4 rings (SSSR count). The summed E-state index contributed by atoms with van der Waals surface area (Å²) in [6.45, 7) is 2.69. The van der Waals surface area contributed by atoms with Crippen molar-refractivity contribution in [3.05, 3.63) is 100 Å². The van der Waals surface area contributed by atoms with Crippen molar-refractivity contribution >= 4 is 29.5 Å². The molecule has 0 unspecified atom stereocenters. The fourth-order valence-corrected chi connectivity index (χ4v) is 3.23. The van der Waals surface area contributed by atoms with Gasteiger partial charge in [-0.25, -0.2) is 9.79 Å². The lowest BCUT2D eigenvalue weighted by Crippen LogP contribution is -2.05. The van der Waals surface area contributed by atoms with E-state index in [2.05, 4.69) is 4.99 Å². The molecular weight excluding hydrogens is 414 g/mol. The fraction of sp³-hybridized carbons (Fsp3) is 0.120. The molecule has 0 fully saturated rings. The molecule has 1 heterocycles. The molecule has 0 radical (unpaired) electrons. The first-order valence-electron chi connectivity index (χ1n) is 9.85. The molecule has 31 heavy (non-hydrogen) atoms. The van der Waals surface area contributed by atoms with Gasteiger partial charge >= 0.3 is 5.97 Å². The van der Waals surface area contributed by atoms with Crippen LogP contribution in [-0.4, -0.2) is 18.5 Å². The predicted molar refractivity (Wildman–Crippen MR) is 120 cm³/mol. The van der Waals surface area contributed by atoms with Crippen LogP contribution in [0.4, 0.5) is 0 Å². The van der Waals surface area contributed by atoms with Crippen LogP contribution in [0.5, 0.6) is 11.5 Å². The van der Waals surface area contributed by atoms with Gasteiger partial charge < -0.3 is 14.2 Å². The number of cyclic esters (lactones) is 1. The monoisotopic (exact) mass is 433 g/mol. The van der Waals surface area contributed by atoms with Gasteiger partial charge in [-0.1, -0.05) is 54.1 Å². The van der Waals surface area contributed by atoms with Crippen molar-refractivity contribution < 1.29 is 19.0 Å². The molecule has 1 aliphatic heterocycles. The van der Waals surface area contributed by atoms with Crippen LogP contribution in [0, 0.1) is 0 Å². The highest BCUT2D eigenvalue weighted by Crippen LogP contribution is 2.31. The highest BCUT2D eigenvalue weighted by molar-refractivity contribution is 6.31. The highest BCUT2D eigenvalue weighted by atomic mass is 35.5. The van der Waals surface area contributed by atoms with Crippen molar-refractivity contribution in [2.24, 2.45) is 4.99 Å². The number of benzene rings is 3. The van der Waals surface area contributed by atoms with E-state index in [1.807, 2.05) is 73.7 Å². The van der Waals surface area contributed by atoms with Crippen LogP contribution < -0.4 is 9.47 Å². The Hall–Kier alpha value is -3.57. The Morgan fingerprint density at radius 3 is 2.52 bits per heavy atom. The molecule has 0 atom stereocenters. The van der Waals surface area contributed by atoms with E-state index in [-0.39, 0.29) is 5.70 Å². The number of carbonyl (C=O) groups excluding carboxylic acids is 1. The SMILES string of the molecule is CCOc1cc(/C=C2/N=C(c3ccccc3)OC2=O)ccc1OCc1ccccc1Cl. The van der Waals surface area contributed by atoms with Gasteiger partial charge in [-0.3, -0.25) is 0 Å². The van der Waals surface area contributed by atoms with Crippen molar-refractivity contribution in [1.29, 1.82) is 0 Å². The van der Waals surface area contributed by atoms with Gasteiger partial charge in [0.05, 0.1) is 6.61 Å². The normalized spacial score (nSPS) is 14.3. The third kappa shape index (κ3) is 4.95. The average Bonchev–Trinajstić information content (AvgIpc) is 3.15. The van der Waals surface area contributed by atoms with Gasteiger partial charge in [0, 0.05) is 16.1 Å². The van der Waals surface area contributed by atoms with E-state index in [4.69, 9.17) is 25.8 Å². The van der Waals surface area contributed by atoms with E-state index in [9.17, 15) is 4.79 Å². The number of hydrogen-bond donors (Lipinski definition) is 0. The van der Waals surface area contributed by atoms with Crippen molar-refractivity contribution in [2.75, 3.05) is 6.61 Å². The number of aliphatic imine (C=N–C) groups is 1. The van der Waals surface area contributed by atoms with Gasteiger partial charge in [0.2, 0.25) is 5.90 Å². The van der Waals surface area contributed by atoms with Crippen LogP contribution in [0.2, 0.25) is 5.02 Å². The summed E-state index contributed by atoms with van der Waals surface area (Å²) in [5.41, 5.74) is 2.61. The summed E-state index contributed by atoms with van der Waals surface area (Å²) in [6.07, 6.45) is 1.67. The Bertz CT molecular complexity index is 1160. The van der Waals surface area contributed by atoms with Gasteiger partial charge in [0.1, 0.15) is 6.61 Å². The molecule has 156 valence electrons. The number of hydrogen-bond acceptors (Lipinski definition) is 5. The Morgan fingerprint density at radius 2 is 1.74 bits per heavy atom. The van der Waals surface area contributed by atoms with Crippen molar-refractivity contribution in [3.63, 3.8) is 0 Å². The van der Waals surface area contributed by atoms with Crippen molar-refractivity contribution in [3.8, 4) is 11.5 Å². The zero-order chi connectivity index (χ0) is 21.6. The zero-order valence-electron chi connectivity index (χ0n) is 16.9. The number of esters is 1. The Morgan fingerprint density at radius 1 is 0.968 bits per heavy atom. The van der Waals surface area contributed by atoms with E-state index in [1.54, 1.807) is 12.1 Å². The number of carbonyl (C=O) groups is 1. The molecule has 6 heteroatoms. The molecule has 0 spiro atoms. The lowest BCUT2D eigenvalue weighted by atomic mass is 10.1. The van der Waals surface area contributed by atoms with Gasteiger partial charge in [0.25, 0.3) is 0 Å². The minimum atomic E-state index is -0.490. The second-order valence-electron chi connectivity index (χ2n) is 6.72. The minimum Gasteiger partial charge on any atom is -0.490 e. The van der Waals surface area contributed by atoms with E-state index in [0.717, 1.165) is 16.7 Å². The van der Waals surface area contributed by atoms with Gasteiger partial charge in [-0.15, -0.1) is 0 Å². The van der Waals surface area contributed by atoms with Gasteiger partial charge in [0.15, 0.2) is 17.2 Å². The number of rotatable bonds is 7. The molecule has 0 saturated carbocycles. The Labute approximate surface area is 185 Å². The number of halogens is 1. The molecule has 3 aromatic rings. The molecule has 0 aliphatic carbocycles. The summed E-state index contributed by atoms with van der Waals surface area (Å²) in [4.78, 5) is 16.6. The fourth-order valence-electron chi connectivity index (χ4n) is 3.04. The minimum absolute atomic E-state index is 0.228. The summed E-state index contributed by atoms with van der Waals surface area (Å²) in [5, 5.41) is 0.647. The van der Waals surface area contributed by atoms with Gasteiger partial charge in [-0.2, -0.15) is 0 Å². The molecule has 1 aliphatic rings. The molecule has 3 aromatic carbocycles. The van der Waals surface area contributed by atoms with Crippen LogP contribution in [0.25, 0.3) is 6.08 Å². The van der Waals surface area contributed by atoms with E-state index in [0.29, 0.717) is 35.6 Å². The molecular formula is C25H20ClNO4. The summed E-state index contributed by atoms with van der Waals surface area (Å²) in [5.74, 6) is 0.964. The van der Waals surface area contributed by atoms with Crippen LogP contribution in [-0.2, 0) is 16.1 Å². The zero-order valence-corrected chi connectivity index (χ0v) is 17.6. The molecule has 0 amide bonds. The quantitative estimate of drug-likeness (QED) is 0.356. The van der Waals surface area contributed by atoms with E-state index < -0.39 is 5.97 Å². The first kappa shape index (κ1) is 20.7. The van der Waals surface area contributed by atoms with E-state index >= 15 is 0 Å². The highest BCUT2D eigenvalue weighted by Gasteiger charge is 2.24. The maximum absolute atomic E-state index is 12.3. The predicted octanol–water partition coefficient (Wildman–Crippen LogP) is 5.66. The van der Waals surface area contributed by atoms with Crippen LogP contribution in [0.3, 0.4) is 0 Å². The lowest BCUT2D eigenvalue weighted by Gasteiger charge is -2.13. The van der Waals surface area contributed by atoms with E-state index in [1.165, 1.54) is 0 Å². The number of ether oxygens (including phenoxy) is 3. The topological polar surface area (TPSA) is 57.1 Å². The molecule has 0 aromatic heterocycles. The third-order valence-corrected chi connectivity index (χ3v) is 4.92. The second kappa shape index (κ2) is 9.49. The lowest BCUT2D eigenvalue weighted by molar-refractivity contribution is -0.129. The molecule has 0 saturated heterocycles. The molecule has 0 N–H and O–H groups in total. The molecule has 5 nitrogen and oxygen atoms in total. The maximum Gasteiger partial charge on any atom is 0.363 e. The summed E-state index contributed by atoms with van der Waals surface area (Å²) >= 11 is 6.21. The van der Waals surface area contributed by atoms with Crippen molar-refractivity contribution in [1.82, 2.24) is 0 Å².